The lowest BCUT2D eigenvalue weighted by Gasteiger charge is -2.44. The van der Waals surface area contributed by atoms with Gasteiger partial charge in [-0.1, -0.05) is 18.7 Å². The normalized spacial score (nSPS) is 18.8. The van der Waals surface area contributed by atoms with Gasteiger partial charge in [0.05, 0.1) is 12.0 Å². The minimum Gasteiger partial charge on any atom is -0.486 e. The highest BCUT2D eigenvalue weighted by Gasteiger charge is 2.44. The Morgan fingerprint density at radius 1 is 1.38 bits per heavy atom. The van der Waals surface area contributed by atoms with Crippen LogP contribution in [0.5, 0.6) is 5.75 Å². The molecule has 0 saturated carbocycles. The van der Waals surface area contributed by atoms with Crippen LogP contribution >= 0.6 is 0 Å². The van der Waals surface area contributed by atoms with Crippen LogP contribution in [0.3, 0.4) is 0 Å². The van der Waals surface area contributed by atoms with Gasteiger partial charge in [-0.25, -0.2) is 4.79 Å². The second kappa shape index (κ2) is 6.30. The zero-order chi connectivity index (χ0) is 17.3. The molecule has 0 atom stereocenters. The topological polar surface area (TPSA) is 55.8 Å². The van der Waals surface area contributed by atoms with Crippen molar-refractivity contribution in [3.63, 3.8) is 0 Å². The molecule has 0 N–H and O–H groups in total. The number of rotatable bonds is 2. The molecule has 1 saturated heterocycles. The summed E-state index contributed by atoms with van der Waals surface area (Å²) in [5.41, 5.74) is 2.24. The van der Waals surface area contributed by atoms with E-state index in [1.54, 1.807) is 11.0 Å². The zero-order valence-corrected chi connectivity index (χ0v) is 14.3. The average Bonchev–Trinajstić information content (AvgIpc) is 2.55. The first-order valence-corrected chi connectivity index (χ1v) is 8.30. The highest BCUT2D eigenvalue weighted by molar-refractivity contribution is 6.01. The van der Waals surface area contributed by atoms with Crippen LogP contribution in [-0.4, -0.2) is 42.1 Å². The van der Waals surface area contributed by atoms with Crippen molar-refractivity contribution in [2.24, 2.45) is 0 Å². The minimum atomic E-state index is -0.501. The molecular formula is C19H23NO4. The van der Waals surface area contributed by atoms with Crippen molar-refractivity contribution in [1.82, 2.24) is 4.90 Å². The summed E-state index contributed by atoms with van der Waals surface area (Å²) in [6.45, 7) is 8.77. The van der Waals surface area contributed by atoms with Gasteiger partial charge in [-0.3, -0.25) is 4.79 Å². The van der Waals surface area contributed by atoms with E-state index >= 15 is 0 Å². The lowest BCUT2D eigenvalue weighted by molar-refractivity contribution is -0.00859. The number of hydrogen-bond donors (Lipinski definition) is 0. The molecular weight excluding hydrogens is 306 g/mol. The Labute approximate surface area is 142 Å². The number of aryl methyl sites for hydroxylation is 2. The standard InChI is InChI=1S/C19H23NO4/c1-4-9-23-18(22)20-7-5-19(6-8-20)12-16(21)15-11-13(2)10-14(3)17(15)24-19/h4,10-11H,1,5-9,12H2,2-3H3. The molecule has 5 nitrogen and oxygen atoms in total. The first-order valence-electron chi connectivity index (χ1n) is 8.30. The van der Waals surface area contributed by atoms with Crippen molar-refractivity contribution in [3.8, 4) is 5.75 Å². The molecule has 1 amide bonds. The Hall–Kier alpha value is -2.30. The second-order valence-corrected chi connectivity index (χ2v) is 6.70. The number of hydrogen-bond acceptors (Lipinski definition) is 4. The predicted molar refractivity (Wildman–Crippen MR) is 90.6 cm³/mol. The number of carbonyl (C=O) groups is 2. The molecule has 2 aliphatic heterocycles. The van der Waals surface area contributed by atoms with E-state index in [9.17, 15) is 9.59 Å². The molecule has 0 bridgehead atoms. The Bertz CT molecular complexity index is 687. The molecule has 3 rings (SSSR count). The maximum Gasteiger partial charge on any atom is 0.410 e. The zero-order valence-electron chi connectivity index (χ0n) is 14.3. The second-order valence-electron chi connectivity index (χ2n) is 6.70. The number of ketones is 1. The highest BCUT2D eigenvalue weighted by atomic mass is 16.6. The number of piperidine rings is 1. The van der Waals surface area contributed by atoms with Crippen LogP contribution in [-0.2, 0) is 4.74 Å². The Morgan fingerprint density at radius 2 is 2.08 bits per heavy atom. The molecule has 0 radical (unpaired) electrons. The summed E-state index contributed by atoms with van der Waals surface area (Å²) in [5.74, 6) is 0.838. The molecule has 2 aliphatic rings. The van der Waals surface area contributed by atoms with Crippen molar-refractivity contribution in [1.29, 1.82) is 0 Å². The number of nitrogens with zero attached hydrogens (tertiary/aromatic N) is 1. The summed E-state index contributed by atoms with van der Waals surface area (Å²) in [6, 6.07) is 3.94. The first kappa shape index (κ1) is 16.6. The largest absolute Gasteiger partial charge is 0.486 e. The van der Waals surface area contributed by atoms with Crippen LogP contribution in [0.1, 0.15) is 40.7 Å². The van der Waals surface area contributed by atoms with Gasteiger partial charge >= 0.3 is 6.09 Å². The third-order valence-electron chi connectivity index (χ3n) is 4.78. The summed E-state index contributed by atoms with van der Waals surface area (Å²) < 4.78 is 11.4. The molecule has 0 aromatic heterocycles. The van der Waals surface area contributed by atoms with Crippen molar-refractivity contribution in [2.75, 3.05) is 19.7 Å². The van der Waals surface area contributed by atoms with Crippen LogP contribution < -0.4 is 4.74 Å². The molecule has 1 aromatic rings. The van der Waals surface area contributed by atoms with E-state index in [0.29, 0.717) is 43.7 Å². The number of ether oxygens (including phenoxy) is 2. The van der Waals surface area contributed by atoms with E-state index in [-0.39, 0.29) is 18.5 Å². The predicted octanol–water partition coefficient (Wildman–Crippen LogP) is 3.43. The van der Waals surface area contributed by atoms with Gasteiger partial charge in [0.25, 0.3) is 0 Å². The molecule has 1 fully saturated rings. The molecule has 128 valence electrons. The van der Waals surface area contributed by atoms with Gasteiger partial charge in [-0.05, 0) is 31.0 Å². The van der Waals surface area contributed by atoms with Crippen LogP contribution in [0.15, 0.2) is 24.8 Å². The average molecular weight is 329 g/mol. The fourth-order valence-electron chi connectivity index (χ4n) is 3.53. The summed E-state index contributed by atoms with van der Waals surface area (Å²) in [6.07, 6.45) is 2.86. The van der Waals surface area contributed by atoms with E-state index in [1.807, 2.05) is 26.0 Å². The Balaban J connectivity index is 1.74. The van der Waals surface area contributed by atoms with Gasteiger partial charge < -0.3 is 14.4 Å². The van der Waals surface area contributed by atoms with E-state index < -0.39 is 5.60 Å². The summed E-state index contributed by atoms with van der Waals surface area (Å²) in [4.78, 5) is 26.2. The van der Waals surface area contributed by atoms with Crippen LogP contribution in [0, 0.1) is 13.8 Å². The number of carbonyl (C=O) groups excluding carboxylic acids is 2. The van der Waals surface area contributed by atoms with E-state index in [2.05, 4.69) is 6.58 Å². The smallest absolute Gasteiger partial charge is 0.410 e. The van der Waals surface area contributed by atoms with E-state index in [4.69, 9.17) is 9.47 Å². The molecule has 1 spiro atoms. The molecule has 0 unspecified atom stereocenters. The minimum absolute atomic E-state index is 0.130. The Kier molecular flexibility index (Phi) is 4.35. The van der Waals surface area contributed by atoms with Crippen molar-refractivity contribution >= 4 is 11.9 Å². The van der Waals surface area contributed by atoms with Crippen LogP contribution in [0.4, 0.5) is 4.79 Å². The third kappa shape index (κ3) is 3.03. The number of Topliss-reactive ketones (excluding diaryl/α,β-unsaturated/α-hetero) is 1. The molecule has 24 heavy (non-hydrogen) atoms. The Morgan fingerprint density at radius 3 is 2.75 bits per heavy atom. The highest BCUT2D eigenvalue weighted by Crippen LogP contribution is 2.41. The van der Waals surface area contributed by atoms with Gasteiger partial charge in [-0.2, -0.15) is 0 Å². The SMILES string of the molecule is C=CCOC(=O)N1CCC2(CC1)CC(=O)c1cc(C)cc(C)c1O2. The van der Waals surface area contributed by atoms with Gasteiger partial charge in [0.15, 0.2) is 5.78 Å². The van der Waals surface area contributed by atoms with Crippen LogP contribution in [0.25, 0.3) is 0 Å². The van der Waals surface area contributed by atoms with Gasteiger partial charge in [0.2, 0.25) is 0 Å². The number of fused-ring (bicyclic) bond motifs is 1. The number of likely N-dealkylation sites (tertiary alicyclic amines) is 1. The van der Waals surface area contributed by atoms with E-state index in [0.717, 1.165) is 11.1 Å². The molecule has 1 aromatic carbocycles. The molecule has 0 aliphatic carbocycles. The maximum atomic E-state index is 12.6. The summed E-state index contributed by atoms with van der Waals surface area (Å²) in [7, 11) is 0. The maximum absolute atomic E-state index is 12.6. The third-order valence-corrected chi connectivity index (χ3v) is 4.78. The molecule has 5 heteroatoms. The lowest BCUT2D eigenvalue weighted by atomic mass is 9.81. The van der Waals surface area contributed by atoms with Crippen molar-refractivity contribution in [3.05, 3.63) is 41.5 Å². The monoisotopic (exact) mass is 329 g/mol. The molecule has 2 heterocycles. The van der Waals surface area contributed by atoms with Crippen LogP contribution in [0.2, 0.25) is 0 Å². The lowest BCUT2D eigenvalue weighted by Crippen LogP contribution is -2.52. The quantitative estimate of drug-likeness (QED) is 0.780. The number of benzene rings is 1. The summed E-state index contributed by atoms with van der Waals surface area (Å²) >= 11 is 0. The first-order chi connectivity index (χ1) is 11.4. The van der Waals surface area contributed by atoms with E-state index in [1.165, 1.54) is 0 Å². The number of amides is 1. The van der Waals surface area contributed by atoms with Crippen molar-refractivity contribution < 1.29 is 19.1 Å². The van der Waals surface area contributed by atoms with Gasteiger partial charge in [-0.15, -0.1) is 0 Å². The fraction of sp³-hybridized carbons (Fsp3) is 0.474. The van der Waals surface area contributed by atoms with Crippen molar-refractivity contribution in [2.45, 2.75) is 38.7 Å². The van der Waals surface area contributed by atoms with Gasteiger partial charge in [0.1, 0.15) is 18.0 Å². The van der Waals surface area contributed by atoms with Gasteiger partial charge in [0, 0.05) is 25.9 Å². The fourth-order valence-corrected chi connectivity index (χ4v) is 3.53. The summed E-state index contributed by atoms with van der Waals surface area (Å²) in [5, 5.41) is 0.